The smallest absolute Gasteiger partial charge is 0.326 e. The van der Waals surface area contributed by atoms with Crippen LogP contribution in [0.4, 0.5) is 0 Å². The third-order valence-electron chi connectivity index (χ3n) is 29.5. The molecular weight excluding hydrogens is 1950 g/mol. The number of benzene rings is 4. The number of likely N-dealkylation sites (N-methyl/N-ethyl adjacent to an activating group) is 2. The summed E-state index contributed by atoms with van der Waals surface area (Å²) < 4.78 is 16.1. The molecule has 4 aliphatic heterocycles. The van der Waals surface area contributed by atoms with Gasteiger partial charge in [0.25, 0.3) is 0 Å². The Labute approximate surface area is 891 Å². The van der Waals surface area contributed by atoms with E-state index >= 15 is 0 Å². The van der Waals surface area contributed by atoms with E-state index in [0.717, 1.165) is 140 Å². The van der Waals surface area contributed by atoms with Crippen LogP contribution in [0.25, 0.3) is 55.6 Å². The van der Waals surface area contributed by atoms with Crippen molar-refractivity contribution < 1.29 is 88.3 Å². The van der Waals surface area contributed by atoms with E-state index < -0.39 is 0 Å². The number of imide groups is 1. The van der Waals surface area contributed by atoms with Gasteiger partial charge in [0.2, 0.25) is 11.8 Å². The predicted octanol–water partition coefficient (Wildman–Crippen LogP) is 21.0. The Kier molecular flexibility index (Phi) is 69.3. The molecule has 4 aliphatic rings. The van der Waals surface area contributed by atoms with Crippen molar-refractivity contribution in [3.05, 3.63) is 113 Å². The molecule has 0 aliphatic carbocycles. The van der Waals surface area contributed by atoms with Crippen molar-refractivity contribution in [3.8, 4) is 22.5 Å². The summed E-state index contributed by atoms with van der Waals surface area (Å²) in [4.78, 5) is 76.3. The van der Waals surface area contributed by atoms with Gasteiger partial charge < -0.3 is 88.7 Å². The maximum Gasteiger partial charge on any atom is 0.326 e. The van der Waals surface area contributed by atoms with E-state index in [1.54, 1.807) is 11.2 Å². The number of hydrogen-bond acceptors (Lipinski definition) is 11. The largest absolute Gasteiger partial charge is 1.00 e. The molecule has 802 valence electrons. The fourth-order valence-corrected chi connectivity index (χ4v) is 20.8. The molecule has 11 rings (SSSR count). The van der Waals surface area contributed by atoms with Gasteiger partial charge in [-0.1, -0.05) is 403 Å². The fourth-order valence-electron chi connectivity index (χ4n) is 20.8. The number of rotatable bonds is 70. The number of quaternary nitrogens is 3. The molecule has 7 aromatic rings. The highest BCUT2D eigenvalue weighted by Gasteiger charge is 2.62. The zero-order chi connectivity index (χ0) is 99.1. The van der Waals surface area contributed by atoms with Crippen molar-refractivity contribution >= 4 is 50.9 Å². The summed E-state index contributed by atoms with van der Waals surface area (Å²) in [6, 6.07) is 31.3. The van der Waals surface area contributed by atoms with Crippen LogP contribution < -0.4 is 56.6 Å². The lowest BCUT2D eigenvalue weighted by Crippen LogP contribution is -3.00. The van der Waals surface area contributed by atoms with Crippen LogP contribution >= 0.6 is 0 Å². The Balaban J connectivity index is 0.000000382. The average Bonchev–Trinajstić information content (AvgIpc) is 1.57. The van der Waals surface area contributed by atoms with Crippen LogP contribution in [0.15, 0.2) is 102 Å². The van der Waals surface area contributed by atoms with Crippen LogP contribution in [0, 0.1) is 11.8 Å². The number of imidazole rings is 2. The summed E-state index contributed by atoms with van der Waals surface area (Å²) in [7, 11) is 22.2. The maximum absolute atomic E-state index is 12.8. The van der Waals surface area contributed by atoms with E-state index in [9.17, 15) is 19.2 Å². The first-order chi connectivity index (χ1) is 66.9. The molecule has 0 spiro atoms. The monoisotopic (exact) mass is 2150 g/mol. The van der Waals surface area contributed by atoms with Crippen LogP contribution in [0.5, 0.6) is 0 Å². The third kappa shape index (κ3) is 53.5. The van der Waals surface area contributed by atoms with Crippen LogP contribution in [-0.2, 0) is 30.4 Å². The molecular formula is C120H205Br3N12O6. The van der Waals surface area contributed by atoms with E-state index in [1.165, 1.54) is 365 Å². The van der Waals surface area contributed by atoms with Gasteiger partial charge in [0.1, 0.15) is 12.9 Å². The van der Waals surface area contributed by atoms with Gasteiger partial charge in [0.15, 0.2) is 0 Å². The topological polar surface area (TPSA) is 172 Å². The third-order valence-corrected chi connectivity index (χ3v) is 29.5. The Morgan fingerprint density at radius 2 is 0.801 bits per heavy atom. The van der Waals surface area contributed by atoms with Gasteiger partial charge in [-0.15, -0.1) is 0 Å². The molecule has 0 radical (unpaired) electrons. The molecule has 2 amide bonds. The van der Waals surface area contributed by atoms with Crippen LogP contribution in [0.1, 0.15) is 425 Å². The van der Waals surface area contributed by atoms with E-state index in [2.05, 4.69) is 145 Å². The molecule has 4 saturated heterocycles. The number of piperidine rings is 1. The van der Waals surface area contributed by atoms with Gasteiger partial charge >= 0.3 is 11.7 Å². The van der Waals surface area contributed by atoms with E-state index in [0.29, 0.717) is 19.6 Å². The minimum atomic E-state index is -0.183. The lowest BCUT2D eigenvalue weighted by Gasteiger charge is -2.32. The number of ether oxygens (including phenoxy) is 2. The van der Waals surface area contributed by atoms with Crippen molar-refractivity contribution in [2.75, 3.05) is 129 Å². The number of nitrogens with one attached hydrogen (secondary N) is 2. The summed E-state index contributed by atoms with van der Waals surface area (Å²) >= 11 is 0. The molecule has 0 unspecified atom stereocenters. The SMILES string of the molecule is CCCCCCCCCCCCCC(=O)OCCN(C)C.CCCCCCCCCCCCCCCCCC[N+](C)(C)C.CCCCCCCCCCCCCCCCCC[N+](C)(C)CCN1C(=O)[C@@H]2[C@H](C1=O)[C@H]1CC[C@@H]2O1.CCCCCCCCCCCCCC[N+](C)(C)C.O=c1[nH]c2ccccc2n1C1CCN(Cc2ccc(-c3[nH]c4cc5ncnc5cc4nc3-c3ccccc3)cc2)CC1.[Br-].[Br-].[Br-]. The first-order valence-corrected chi connectivity index (χ1v) is 57.4. The molecule has 18 nitrogen and oxygen atoms in total. The molecule has 21 heteroatoms. The van der Waals surface area contributed by atoms with Crippen molar-refractivity contribution in [1.82, 2.24) is 44.2 Å². The van der Waals surface area contributed by atoms with E-state index in [-0.39, 0.29) is 105 Å². The Morgan fingerprint density at radius 1 is 0.418 bits per heavy atom. The van der Waals surface area contributed by atoms with Gasteiger partial charge in [0, 0.05) is 49.8 Å². The summed E-state index contributed by atoms with van der Waals surface area (Å²) in [6.45, 7) is 18.5. The standard InChI is InChI=1S/C34H29N7O.C30H55N2O3.C21H46N.C18H37NO2.C17H38N.3BrH/c42-34-39-26-8-4-5-9-31(26)41(34)25-14-16-40(17-15-25)20-22-10-12-24(13-11-22)33-32(23-6-2-1-3-7-23)37-29-18-27-28(36-21-35-27)19-30(29)38-33;1-4-5-6-7-8-9-10-11-12-13-14-15-16-17-18-19-23-32(2,3)24-22-31-29(33)27-25-20-21-26(35-25)28(27)30(31)34;1-5-6-7-8-9-10-11-12-13-14-15-16-17-18-19-20-21-22(2,3)4;1-4-5-6-7-8-9-10-11-12-13-14-15-18(20)21-17-16-19(2)3;1-5-6-7-8-9-10-11-12-13-14-15-16-17-18(2,3)4;;;/h1-13,18-19,21,25,38H,14-17,20H2,(H,39,42);25-28H,4-24H2,1-3H3;5-21H2,1-4H3;4-17H2,1-3H3;5-17H2,1-4H3;3*1H/q;2*+1;;+1;;;/p-3/t;25-,26+,27-,28+;;;;;;. The number of halogens is 3. The second-order valence-electron chi connectivity index (χ2n) is 45.0. The first-order valence-electron chi connectivity index (χ1n) is 57.4. The van der Waals surface area contributed by atoms with Crippen molar-refractivity contribution in [2.24, 2.45) is 11.8 Å². The number of fused-ring (bicyclic) bond motifs is 8. The number of likely N-dealkylation sites (tertiary alicyclic amines) is 2. The zero-order valence-electron chi connectivity index (χ0n) is 92.2. The molecule has 2 bridgehead atoms. The number of unbranched alkanes of at least 4 members (excludes halogenated alkanes) is 51. The molecule has 4 fully saturated rings. The number of para-hydroxylation sites is 2. The molecule has 2 N–H and O–H groups in total. The first kappa shape index (κ1) is 128. The van der Waals surface area contributed by atoms with Crippen LogP contribution in [0.3, 0.4) is 0 Å². The maximum atomic E-state index is 12.8. The highest BCUT2D eigenvalue weighted by atomic mass is 79.9. The van der Waals surface area contributed by atoms with Crippen LogP contribution in [-0.4, -0.2) is 217 Å². The van der Waals surface area contributed by atoms with E-state index in [1.807, 2.05) is 78.2 Å². The minimum absolute atomic E-state index is 0. The minimum Gasteiger partial charge on any atom is -1.00 e. The highest BCUT2D eigenvalue weighted by Crippen LogP contribution is 2.49. The zero-order valence-corrected chi connectivity index (χ0v) is 96.9. The van der Waals surface area contributed by atoms with Gasteiger partial charge in [0.05, 0.1) is 158 Å². The Hall–Kier alpha value is -5.23. The number of carbonyl (C=O) groups excluding carboxylic acids is 3. The van der Waals surface area contributed by atoms with Crippen molar-refractivity contribution in [1.29, 1.82) is 0 Å². The fraction of sp³-hybridized carbons (Fsp3) is 0.742. The van der Waals surface area contributed by atoms with Crippen molar-refractivity contribution in [2.45, 2.75) is 438 Å². The Bertz CT molecular complexity index is 4330. The summed E-state index contributed by atoms with van der Waals surface area (Å²) in [5, 5.41) is 0. The average molecular weight is 2150 g/mol. The number of carbonyl (C=O) groups is 3. The molecule has 7 heterocycles. The Morgan fingerprint density at radius 3 is 1.21 bits per heavy atom. The quantitative estimate of drug-likeness (QED) is 0.0161. The van der Waals surface area contributed by atoms with E-state index in [4.69, 9.17) is 14.5 Å². The number of H-pyrrole nitrogens is 2. The predicted molar refractivity (Wildman–Crippen MR) is 586 cm³/mol. The van der Waals surface area contributed by atoms with Gasteiger partial charge in [-0.25, -0.2) is 19.7 Å². The van der Waals surface area contributed by atoms with Crippen LogP contribution in [0.2, 0.25) is 0 Å². The molecule has 4 atom stereocenters. The number of hydrogen-bond donors (Lipinski definition) is 2. The number of aromatic nitrogens is 6. The molecule has 0 saturated carbocycles. The molecule has 4 aromatic carbocycles. The second-order valence-corrected chi connectivity index (χ2v) is 45.0. The van der Waals surface area contributed by atoms with Crippen molar-refractivity contribution in [3.63, 3.8) is 0 Å². The summed E-state index contributed by atoms with van der Waals surface area (Å²) in [5.41, 5.74) is 10.7. The number of esters is 1. The highest BCUT2D eigenvalue weighted by molar-refractivity contribution is 6.06. The van der Waals surface area contributed by atoms with Gasteiger partial charge in [-0.05, 0) is 115 Å². The number of nitrogens with zero attached hydrogens (tertiary/aromatic N) is 10. The second kappa shape index (κ2) is 76.3. The molecule has 3 aromatic heterocycles. The summed E-state index contributed by atoms with van der Waals surface area (Å²) in [6.07, 6.45) is 83.4. The number of amides is 2. The molecule has 141 heavy (non-hydrogen) atoms. The van der Waals surface area contributed by atoms with Gasteiger partial charge in [-0.3, -0.25) is 28.8 Å². The lowest BCUT2D eigenvalue weighted by molar-refractivity contribution is -0.889. The summed E-state index contributed by atoms with van der Waals surface area (Å²) in [5.74, 6) is -0.327. The van der Waals surface area contributed by atoms with Gasteiger partial charge in [-0.2, -0.15) is 0 Å². The normalized spacial score (nSPS) is 15.8. The number of aromatic amines is 2. The lowest BCUT2D eigenvalue weighted by atomic mass is 9.81.